The number of amides is 1. The van der Waals surface area contributed by atoms with Crippen molar-refractivity contribution in [2.24, 2.45) is 0 Å². The van der Waals surface area contributed by atoms with Crippen molar-refractivity contribution >= 4 is 17.7 Å². The van der Waals surface area contributed by atoms with E-state index in [9.17, 15) is 18.8 Å². The maximum absolute atomic E-state index is 12.8. The molecule has 0 bridgehead atoms. The summed E-state index contributed by atoms with van der Waals surface area (Å²) in [5, 5.41) is 2.86. The van der Waals surface area contributed by atoms with Crippen LogP contribution in [0.5, 0.6) is 0 Å². The number of esters is 1. The van der Waals surface area contributed by atoms with Gasteiger partial charge in [-0.2, -0.15) is 0 Å². The van der Waals surface area contributed by atoms with Crippen LogP contribution in [0.25, 0.3) is 0 Å². The number of ether oxygens (including phenoxy) is 1. The summed E-state index contributed by atoms with van der Waals surface area (Å²) in [7, 11) is 0. The molecular formula is C18H22FNO4. The van der Waals surface area contributed by atoms with Crippen LogP contribution in [0.1, 0.15) is 55.8 Å². The highest BCUT2D eigenvalue weighted by Crippen LogP contribution is 2.17. The number of carbonyl (C=O) groups is 3. The first-order chi connectivity index (χ1) is 11.5. The van der Waals surface area contributed by atoms with Gasteiger partial charge in [0.2, 0.25) is 0 Å². The van der Waals surface area contributed by atoms with Gasteiger partial charge in [-0.3, -0.25) is 14.4 Å². The fourth-order valence-electron chi connectivity index (χ4n) is 2.69. The Morgan fingerprint density at radius 1 is 1.17 bits per heavy atom. The van der Waals surface area contributed by atoms with Gasteiger partial charge in [0.05, 0.1) is 6.42 Å². The van der Waals surface area contributed by atoms with E-state index in [1.54, 1.807) is 0 Å². The zero-order valence-corrected chi connectivity index (χ0v) is 13.7. The molecule has 0 radical (unpaired) electrons. The minimum absolute atomic E-state index is 0.0402. The van der Waals surface area contributed by atoms with Crippen LogP contribution in [-0.2, 0) is 14.3 Å². The summed E-state index contributed by atoms with van der Waals surface area (Å²) in [6.07, 6.45) is 3.09. The lowest BCUT2D eigenvalue weighted by atomic mass is 10.1. The van der Waals surface area contributed by atoms with Crippen LogP contribution in [0.2, 0.25) is 0 Å². The van der Waals surface area contributed by atoms with E-state index in [1.165, 1.54) is 31.2 Å². The number of hydrogen-bond acceptors (Lipinski definition) is 4. The number of carbonyl (C=O) groups excluding carboxylic acids is 3. The molecule has 5 nitrogen and oxygen atoms in total. The van der Waals surface area contributed by atoms with Crippen LogP contribution in [0.15, 0.2) is 24.3 Å². The topological polar surface area (TPSA) is 72.5 Å². The Morgan fingerprint density at radius 2 is 1.79 bits per heavy atom. The van der Waals surface area contributed by atoms with Crippen molar-refractivity contribution in [1.29, 1.82) is 0 Å². The second kappa shape index (κ2) is 8.57. The highest BCUT2D eigenvalue weighted by molar-refractivity contribution is 5.97. The molecule has 130 valence electrons. The van der Waals surface area contributed by atoms with E-state index in [2.05, 4.69) is 5.32 Å². The van der Waals surface area contributed by atoms with Crippen LogP contribution < -0.4 is 5.32 Å². The number of ketones is 1. The number of rotatable bonds is 7. The predicted molar refractivity (Wildman–Crippen MR) is 85.9 cm³/mol. The van der Waals surface area contributed by atoms with Gasteiger partial charge in [-0.05, 0) is 44.0 Å². The number of halogens is 1. The standard InChI is InChI=1S/C18H22FNO4/c1-12(18(23)20-15-4-2-3-5-15)24-17(22)11-10-16(21)13-6-8-14(19)9-7-13/h6-9,12,15H,2-5,10-11H2,1H3,(H,20,23). The fraction of sp³-hybridized carbons (Fsp3) is 0.500. The first-order valence-electron chi connectivity index (χ1n) is 8.24. The molecule has 0 saturated heterocycles. The summed E-state index contributed by atoms with van der Waals surface area (Å²) in [5.74, 6) is -1.59. The molecule has 1 unspecified atom stereocenters. The van der Waals surface area contributed by atoms with Crippen molar-refractivity contribution < 1.29 is 23.5 Å². The molecule has 1 amide bonds. The van der Waals surface area contributed by atoms with Crippen LogP contribution in [0.3, 0.4) is 0 Å². The Balaban J connectivity index is 1.72. The molecule has 0 aliphatic heterocycles. The molecule has 6 heteroatoms. The minimum Gasteiger partial charge on any atom is -0.453 e. The van der Waals surface area contributed by atoms with Gasteiger partial charge in [0.15, 0.2) is 11.9 Å². The van der Waals surface area contributed by atoms with E-state index in [-0.39, 0.29) is 30.6 Å². The van der Waals surface area contributed by atoms with Crippen LogP contribution in [0, 0.1) is 5.82 Å². The monoisotopic (exact) mass is 335 g/mol. The maximum Gasteiger partial charge on any atom is 0.307 e. The lowest BCUT2D eigenvalue weighted by Gasteiger charge is -2.17. The molecule has 1 aliphatic rings. The lowest BCUT2D eigenvalue weighted by Crippen LogP contribution is -2.40. The Labute approximate surface area is 140 Å². The third kappa shape index (κ3) is 5.44. The number of hydrogen-bond donors (Lipinski definition) is 1. The zero-order valence-electron chi connectivity index (χ0n) is 13.7. The second-order valence-corrected chi connectivity index (χ2v) is 6.05. The van der Waals surface area contributed by atoms with Gasteiger partial charge in [0, 0.05) is 18.0 Å². The van der Waals surface area contributed by atoms with Crippen LogP contribution in [0.4, 0.5) is 4.39 Å². The van der Waals surface area contributed by atoms with E-state index in [1.807, 2.05) is 0 Å². The SMILES string of the molecule is CC(OC(=O)CCC(=O)c1ccc(F)cc1)C(=O)NC1CCCC1. The smallest absolute Gasteiger partial charge is 0.307 e. The van der Waals surface area contributed by atoms with Crippen molar-refractivity contribution in [2.75, 3.05) is 0 Å². The van der Waals surface area contributed by atoms with Gasteiger partial charge in [0.25, 0.3) is 5.91 Å². The summed E-state index contributed by atoms with van der Waals surface area (Å²) < 4.78 is 17.9. The molecule has 1 aliphatic carbocycles. The predicted octanol–water partition coefficient (Wildman–Crippen LogP) is 2.78. The molecule has 1 aromatic rings. The zero-order chi connectivity index (χ0) is 17.5. The molecule has 0 aromatic heterocycles. The third-order valence-electron chi connectivity index (χ3n) is 4.10. The van der Waals surface area contributed by atoms with Crippen molar-refractivity contribution in [2.45, 2.75) is 57.6 Å². The average molecular weight is 335 g/mol. The number of benzene rings is 1. The first kappa shape index (κ1) is 18.1. The van der Waals surface area contributed by atoms with E-state index in [0.29, 0.717) is 5.56 Å². The van der Waals surface area contributed by atoms with E-state index in [4.69, 9.17) is 4.74 Å². The molecule has 1 N–H and O–H groups in total. The molecule has 24 heavy (non-hydrogen) atoms. The molecule has 0 spiro atoms. The van der Waals surface area contributed by atoms with Crippen LogP contribution in [-0.4, -0.2) is 29.8 Å². The molecule has 2 rings (SSSR count). The largest absolute Gasteiger partial charge is 0.453 e. The Hall–Kier alpha value is -2.24. The Morgan fingerprint density at radius 3 is 2.42 bits per heavy atom. The van der Waals surface area contributed by atoms with Gasteiger partial charge in [-0.15, -0.1) is 0 Å². The first-order valence-corrected chi connectivity index (χ1v) is 8.24. The van der Waals surface area contributed by atoms with Crippen molar-refractivity contribution in [3.63, 3.8) is 0 Å². The Bertz CT molecular complexity index is 594. The van der Waals surface area contributed by atoms with Crippen LogP contribution >= 0.6 is 0 Å². The number of nitrogens with one attached hydrogen (secondary N) is 1. The van der Waals surface area contributed by atoms with Gasteiger partial charge in [0.1, 0.15) is 5.82 Å². The quantitative estimate of drug-likeness (QED) is 0.614. The highest BCUT2D eigenvalue weighted by Gasteiger charge is 2.23. The average Bonchev–Trinajstić information content (AvgIpc) is 3.06. The van der Waals surface area contributed by atoms with Gasteiger partial charge in [-0.25, -0.2) is 4.39 Å². The summed E-state index contributed by atoms with van der Waals surface area (Å²) in [4.78, 5) is 35.6. The van der Waals surface area contributed by atoms with Gasteiger partial charge in [-0.1, -0.05) is 12.8 Å². The van der Waals surface area contributed by atoms with E-state index >= 15 is 0 Å². The molecule has 0 heterocycles. The van der Waals surface area contributed by atoms with Crippen molar-refractivity contribution in [1.82, 2.24) is 5.32 Å². The highest BCUT2D eigenvalue weighted by atomic mass is 19.1. The number of Topliss-reactive ketones (excluding diaryl/α,β-unsaturated/α-hetero) is 1. The summed E-state index contributed by atoms with van der Waals surface area (Å²) in [6, 6.07) is 5.31. The molecule has 1 saturated carbocycles. The summed E-state index contributed by atoms with van der Waals surface area (Å²) in [6.45, 7) is 1.52. The molecular weight excluding hydrogens is 313 g/mol. The van der Waals surface area contributed by atoms with Crippen molar-refractivity contribution in [3.05, 3.63) is 35.6 Å². The van der Waals surface area contributed by atoms with Gasteiger partial charge >= 0.3 is 5.97 Å². The summed E-state index contributed by atoms with van der Waals surface area (Å²) in [5.41, 5.74) is 0.344. The summed E-state index contributed by atoms with van der Waals surface area (Å²) >= 11 is 0. The minimum atomic E-state index is -0.876. The second-order valence-electron chi connectivity index (χ2n) is 6.05. The Kier molecular flexibility index (Phi) is 6.46. The fourth-order valence-corrected chi connectivity index (χ4v) is 2.69. The molecule has 1 aromatic carbocycles. The molecule has 1 fully saturated rings. The van der Waals surface area contributed by atoms with E-state index in [0.717, 1.165) is 25.7 Å². The normalized spacial score (nSPS) is 15.8. The van der Waals surface area contributed by atoms with Gasteiger partial charge < -0.3 is 10.1 Å². The van der Waals surface area contributed by atoms with Crippen molar-refractivity contribution in [3.8, 4) is 0 Å². The maximum atomic E-state index is 12.8. The third-order valence-corrected chi connectivity index (χ3v) is 4.10. The molecule has 1 atom stereocenters. The van der Waals surface area contributed by atoms with E-state index < -0.39 is 17.9 Å². The lowest BCUT2D eigenvalue weighted by molar-refractivity contribution is -0.155.